The molecule has 0 amide bonds. The van der Waals surface area contributed by atoms with Gasteiger partial charge in [-0.3, -0.25) is 0 Å². The topological polar surface area (TPSA) is 26.0 Å². The molecule has 0 radical (unpaired) electrons. The summed E-state index contributed by atoms with van der Waals surface area (Å²) < 4.78 is 38.4. The first kappa shape index (κ1) is 13.0. The minimum atomic E-state index is -4.37. The average Bonchev–Trinajstić information content (AvgIpc) is 2.27. The van der Waals surface area contributed by atoms with Crippen molar-refractivity contribution in [1.29, 1.82) is 0 Å². The Morgan fingerprint density at radius 1 is 1.00 bits per heavy atom. The molecule has 2 aromatic carbocycles. The van der Waals surface area contributed by atoms with Crippen LogP contribution >= 0.6 is 15.9 Å². The molecule has 1 nitrogen and oxygen atoms in total. The monoisotopic (exact) mass is 315 g/mol. The molecule has 0 aliphatic carbocycles. The summed E-state index contributed by atoms with van der Waals surface area (Å²) >= 11 is 3.31. The lowest BCUT2D eigenvalue weighted by atomic mass is 10.0. The summed E-state index contributed by atoms with van der Waals surface area (Å²) in [5.41, 5.74) is 6.42. The van der Waals surface area contributed by atoms with Crippen LogP contribution in [-0.2, 0) is 6.18 Å². The SMILES string of the molecule is Nc1cc(C(F)(F)F)ccc1-c1cccc(Br)c1. The molecule has 0 bridgehead atoms. The van der Waals surface area contributed by atoms with Crippen molar-refractivity contribution in [3.8, 4) is 11.1 Å². The summed E-state index contributed by atoms with van der Waals surface area (Å²) in [5, 5.41) is 0. The first-order valence-electron chi connectivity index (χ1n) is 5.10. The molecule has 0 atom stereocenters. The maximum atomic E-state index is 12.5. The Kier molecular flexibility index (Phi) is 3.34. The molecule has 0 fully saturated rings. The van der Waals surface area contributed by atoms with Crippen LogP contribution < -0.4 is 5.73 Å². The second kappa shape index (κ2) is 4.65. The second-order valence-electron chi connectivity index (χ2n) is 3.81. The van der Waals surface area contributed by atoms with Gasteiger partial charge < -0.3 is 5.73 Å². The van der Waals surface area contributed by atoms with Crippen LogP contribution in [0.15, 0.2) is 46.9 Å². The van der Waals surface area contributed by atoms with Crippen molar-refractivity contribution in [1.82, 2.24) is 0 Å². The minimum Gasteiger partial charge on any atom is -0.398 e. The van der Waals surface area contributed by atoms with E-state index in [-0.39, 0.29) is 5.69 Å². The van der Waals surface area contributed by atoms with E-state index < -0.39 is 11.7 Å². The molecule has 5 heteroatoms. The fourth-order valence-corrected chi connectivity index (χ4v) is 2.06. The first-order chi connectivity index (χ1) is 8.38. The minimum absolute atomic E-state index is 0.114. The molecule has 0 saturated heterocycles. The van der Waals surface area contributed by atoms with Crippen LogP contribution in [0.1, 0.15) is 5.56 Å². The maximum Gasteiger partial charge on any atom is 0.416 e. The van der Waals surface area contributed by atoms with Gasteiger partial charge in [-0.05, 0) is 29.8 Å². The van der Waals surface area contributed by atoms with Crippen LogP contribution in [0.2, 0.25) is 0 Å². The van der Waals surface area contributed by atoms with E-state index in [2.05, 4.69) is 15.9 Å². The Balaban J connectivity index is 2.48. The molecule has 94 valence electrons. The molecular formula is C13H9BrF3N. The van der Waals surface area contributed by atoms with Crippen LogP contribution in [-0.4, -0.2) is 0 Å². The lowest BCUT2D eigenvalue weighted by Crippen LogP contribution is -2.05. The lowest BCUT2D eigenvalue weighted by molar-refractivity contribution is -0.137. The van der Waals surface area contributed by atoms with Crippen LogP contribution in [0.3, 0.4) is 0 Å². The predicted molar refractivity (Wildman–Crippen MR) is 69.0 cm³/mol. The summed E-state index contributed by atoms with van der Waals surface area (Å²) in [4.78, 5) is 0. The summed E-state index contributed by atoms with van der Waals surface area (Å²) in [6, 6.07) is 10.6. The van der Waals surface area contributed by atoms with E-state index in [0.29, 0.717) is 5.56 Å². The number of nitrogens with two attached hydrogens (primary N) is 1. The third-order valence-electron chi connectivity index (χ3n) is 2.51. The fraction of sp³-hybridized carbons (Fsp3) is 0.0769. The Labute approximate surface area is 111 Å². The largest absolute Gasteiger partial charge is 0.416 e. The second-order valence-corrected chi connectivity index (χ2v) is 4.73. The van der Waals surface area contributed by atoms with E-state index in [9.17, 15) is 13.2 Å². The Hall–Kier alpha value is -1.49. The zero-order valence-electron chi connectivity index (χ0n) is 9.13. The summed E-state index contributed by atoms with van der Waals surface area (Å²) in [6.45, 7) is 0. The molecule has 0 unspecified atom stereocenters. The van der Waals surface area contributed by atoms with Gasteiger partial charge in [-0.15, -0.1) is 0 Å². The third-order valence-corrected chi connectivity index (χ3v) is 3.01. The van der Waals surface area contributed by atoms with Gasteiger partial charge >= 0.3 is 6.18 Å². The third kappa shape index (κ3) is 2.67. The van der Waals surface area contributed by atoms with Crippen LogP contribution in [0.4, 0.5) is 18.9 Å². The van der Waals surface area contributed by atoms with Crippen molar-refractivity contribution in [2.24, 2.45) is 0 Å². The van der Waals surface area contributed by atoms with Gasteiger partial charge in [0.05, 0.1) is 5.56 Å². The highest BCUT2D eigenvalue weighted by molar-refractivity contribution is 9.10. The number of benzene rings is 2. The quantitative estimate of drug-likeness (QED) is 0.757. The number of anilines is 1. The molecule has 0 spiro atoms. The van der Waals surface area contributed by atoms with Gasteiger partial charge in [-0.1, -0.05) is 34.1 Å². The summed E-state index contributed by atoms with van der Waals surface area (Å²) in [6.07, 6.45) is -4.37. The molecule has 0 heterocycles. The number of hydrogen-bond donors (Lipinski definition) is 1. The molecule has 0 aliphatic heterocycles. The van der Waals surface area contributed by atoms with Crippen molar-refractivity contribution in [2.75, 3.05) is 5.73 Å². The van der Waals surface area contributed by atoms with E-state index in [1.54, 1.807) is 18.2 Å². The molecular weight excluding hydrogens is 307 g/mol. The van der Waals surface area contributed by atoms with Crippen molar-refractivity contribution in [3.05, 3.63) is 52.5 Å². The number of rotatable bonds is 1. The van der Waals surface area contributed by atoms with Crippen molar-refractivity contribution in [2.45, 2.75) is 6.18 Å². The molecule has 2 aromatic rings. The standard InChI is InChI=1S/C13H9BrF3N/c14-10-3-1-2-8(6-10)11-5-4-9(7-12(11)18)13(15,16)17/h1-7H,18H2. The van der Waals surface area contributed by atoms with Crippen LogP contribution in [0.25, 0.3) is 11.1 Å². The smallest absolute Gasteiger partial charge is 0.398 e. The Bertz CT molecular complexity index is 579. The number of halogens is 4. The van der Waals surface area contributed by atoms with Gasteiger partial charge in [0.25, 0.3) is 0 Å². The van der Waals surface area contributed by atoms with Gasteiger partial charge in [0.2, 0.25) is 0 Å². The van der Waals surface area contributed by atoms with Gasteiger partial charge in [-0.2, -0.15) is 13.2 Å². The molecule has 18 heavy (non-hydrogen) atoms. The van der Waals surface area contributed by atoms with Crippen molar-refractivity contribution in [3.63, 3.8) is 0 Å². The highest BCUT2D eigenvalue weighted by Gasteiger charge is 2.30. The van der Waals surface area contributed by atoms with Gasteiger partial charge in [-0.25, -0.2) is 0 Å². The normalized spacial score (nSPS) is 11.6. The number of nitrogen functional groups attached to an aromatic ring is 1. The zero-order valence-corrected chi connectivity index (χ0v) is 10.7. The van der Waals surface area contributed by atoms with E-state index in [1.807, 2.05) is 6.07 Å². The summed E-state index contributed by atoms with van der Waals surface area (Å²) in [7, 11) is 0. The van der Waals surface area contributed by atoms with Crippen LogP contribution in [0.5, 0.6) is 0 Å². The maximum absolute atomic E-state index is 12.5. The van der Waals surface area contributed by atoms with E-state index >= 15 is 0 Å². The molecule has 0 aromatic heterocycles. The fourth-order valence-electron chi connectivity index (χ4n) is 1.66. The number of alkyl halides is 3. The zero-order chi connectivity index (χ0) is 13.3. The van der Waals surface area contributed by atoms with Crippen molar-refractivity contribution >= 4 is 21.6 Å². The number of hydrogen-bond acceptors (Lipinski definition) is 1. The molecule has 2 rings (SSSR count). The van der Waals surface area contributed by atoms with E-state index in [4.69, 9.17) is 5.73 Å². The van der Waals surface area contributed by atoms with Gasteiger partial charge in [0.1, 0.15) is 0 Å². The first-order valence-corrected chi connectivity index (χ1v) is 5.90. The highest BCUT2D eigenvalue weighted by Crippen LogP contribution is 2.35. The lowest BCUT2D eigenvalue weighted by Gasteiger charge is -2.11. The summed E-state index contributed by atoms with van der Waals surface area (Å²) in [5.74, 6) is 0. The van der Waals surface area contributed by atoms with Crippen LogP contribution in [0, 0.1) is 0 Å². The highest BCUT2D eigenvalue weighted by atomic mass is 79.9. The molecule has 2 N–H and O–H groups in total. The van der Waals surface area contributed by atoms with Gasteiger partial charge in [0.15, 0.2) is 0 Å². The molecule has 0 aliphatic rings. The van der Waals surface area contributed by atoms with Crippen molar-refractivity contribution < 1.29 is 13.2 Å². The Morgan fingerprint density at radius 2 is 1.72 bits per heavy atom. The predicted octanol–water partition coefficient (Wildman–Crippen LogP) is 4.72. The molecule has 0 saturated carbocycles. The van der Waals surface area contributed by atoms with E-state index in [0.717, 1.165) is 22.2 Å². The van der Waals surface area contributed by atoms with Gasteiger partial charge in [0, 0.05) is 15.7 Å². The average molecular weight is 316 g/mol. The van der Waals surface area contributed by atoms with E-state index in [1.165, 1.54) is 6.07 Å². The Morgan fingerprint density at radius 3 is 2.28 bits per heavy atom.